The maximum Gasteiger partial charge on any atom is 0.472 e. The van der Waals surface area contributed by atoms with Crippen molar-refractivity contribution in [3.05, 3.63) is 97.2 Å². The molecule has 4 N–H and O–H groups in total. The van der Waals surface area contributed by atoms with Gasteiger partial charge in [0.2, 0.25) is 5.91 Å². The number of carbonyl (C=O) groups is 1. The van der Waals surface area contributed by atoms with Crippen LogP contribution in [-0.4, -0.2) is 84.6 Å². The molecule has 0 aromatic carbocycles. The second-order valence-corrected chi connectivity index (χ2v) is 17.6. The fraction of sp³-hybridized carbons (Fsp3) is 0.653. The molecule has 4 atom stereocenters. The Morgan fingerprint density at radius 2 is 1.05 bits per heavy atom. The number of aliphatic hydroxyl groups excluding tert-OH is 2. The van der Waals surface area contributed by atoms with Crippen LogP contribution in [0.4, 0.5) is 0 Å². The van der Waals surface area contributed by atoms with Crippen molar-refractivity contribution in [2.24, 2.45) is 0 Å². The van der Waals surface area contributed by atoms with Gasteiger partial charge in [-0.1, -0.05) is 150 Å². The lowest BCUT2D eigenvalue weighted by atomic mass is 10.0. The van der Waals surface area contributed by atoms with Gasteiger partial charge in [-0.2, -0.15) is 0 Å². The summed E-state index contributed by atoms with van der Waals surface area (Å²) >= 11 is 0. The second-order valence-electron chi connectivity index (χ2n) is 16.2. The zero-order chi connectivity index (χ0) is 43.7. The molecule has 4 unspecified atom stereocenters. The van der Waals surface area contributed by atoms with Crippen LogP contribution in [0.2, 0.25) is 0 Å². The van der Waals surface area contributed by atoms with E-state index in [9.17, 15) is 24.5 Å². The molecule has 59 heavy (non-hydrogen) atoms. The van der Waals surface area contributed by atoms with E-state index < -0.39 is 32.7 Å². The van der Waals surface area contributed by atoms with Gasteiger partial charge in [0.05, 0.1) is 39.9 Å². The van der Waals surface area contributed by atoms with E-state index in [-0.39, 0.29) is 18.9 Å². The monoisotopic (exact) mass is 846 g/mol. The van der Waals surface area contributed by atoms with Crippen LogP contribution < -0.4 is 5.32 Å². The summed E-state index contributed by atoms with van der Waals surface area (Å²) in [7, 11) is 1.36. The van der Waals surface area contributed by atoms with E-state index in [4.69, 9.17) is 9.05 Å². The summed E-state index contributed by atoms with van der Waals surface area (Å²) in [6, 6.07) is -1.09. The summed E-state index contributed by atoms with van der Waals surface area (Å²) in [4.78, 5) is 23.1. The summed E-state index contributed by atoms with van der Waals surface area (Å²) in [5.41, 5.74) is 0. The van der Waals surface area contributed by atoms with Crippen LogP contribution in [-0.2, 0) is 18.4 Å². The Morgan fingerprint density at radius 1 is 0.610 bits per heavy atom. The number of nitrogens with zero attached hydrogens (tertiary/aromatic N) is 1. The number of rotatable bonds is 39. The number of nitrogens with one attached hydrogen (secondary N) is 1. The van der Waals surface area contributed by atoms with Crippen molar-refractivity contribution < 1.29 is 38.0 Å². The first kappa shape index (κ1) is 56.4. The molecule has 10 heteroatoms. The number of amides is 1. The van der Waals surface area contributed by atoms with Crippen molar-refractivity contribution in [2.75, 3.05) is 40.9 Å². The average molecular weight is 846 g/mol. The molecule has 0 radical (unpaired) electrons. The minimum atomic E-state index is -4.45. The van der Waals surface area contributed by atoms with Gasteiger partial charge in [-0.05, 0) is 89.9 Å². The van der Waals surface area contributed by atoms with Gasteiger partial charge in [0.1, 0.15) is 19.3 Å². The molecule has 0 aliphatic heterocycles. The third kappa shape index (κ3) is 40.6. The lowest BCUT2D eigenvalue weighted by Gasteiger charge is -2.28. The minimum absolute atomic E-state index is 0.000428. The predicted molar refractivity (Wildman–Crippen MR) is 250 cm³/mol. The lowest BCUT2D eigenvalue weighted by Crippen LogP contribution is -2.51. The van der Waals surface area contributed by atoms with E-state index in [0.29, 0.717) is 36.7 Å². The highest BCUT2D eigenvalue weighted by molar-refractivity contribution is 7.47. The van der Waals surface area contributed by atoms with E-state index in [2.05, 4.69) is 110 Å². The molecule has 0 aliphatic carbocycles. The Labute approximate surface area is 361 Å². The van der Waals surface area contributed by atoms with Crippen LogP contribution in [0.15, 0.2) is 97.2 Å². The van der Waals surface area contributed by atoms with E-state index in [1.54, 1.807) is 0 Å². The van der Waals surface area contributed by atoms with Crippen LogP contribution in [0.25, 0.3) is 0 Å². The molecule has 0 aliphatic rings. The Morgan fingerprint density at radius 3 is 1.56 bits per heavy atom. The normalized spacial score (nSPS) is 15.7. The quantitative estimate of drug-likeness (QED) is 0.0210. The SMILES string of the molecule is CC/C=C\C/C=C\C/C=C\C/C=C\C/C=C\C/C=C\C/C=C\CCCC(=O)NC(COP(=O)(O)OCC[N+](C)(C)C)C(O)C(O)CCC/C=C/CCCCCCCCC. The van der Waals surface area contributed by atoms with E-state index in [1.807, 2.05) is 27.2 Å². The Bertz CT molecular complexity index is 1300. The smallest absolute Gasteiger partial charge is 0.390 e. The molecule has 0 rings (SSSR count). The van der Waals surface area contributed by atoms with Gasteiger partial charge in [0.15, 0.2) is 0 Å². The van der Waals surface area contributed by atoms with Crippen molar-refractivity contribution in [2.45, 2.75) is 167 Å². The highest BCUT2D eigenvalue weighted by atomic mass is 31.2. The molecule has 0 aromatic rings. The van der Waals surface area contributed by atoms with Crippen molar-refractivity contribution in [1.82, 2.24) is 5.32 Å². The number of carbonyl (C=O) groups excluding carboxylic acids is 1. The number of allylic oxidation sites excluding steroid dienone is 16. The van der Waals surface area contributed by atoms with Gasteiger partial charge in [-0.15, -0.1) is 0 Å². The number of phosphoric acid groups is 1. The first-order chi connectivity index (χ1) is 28.4. The van der Waals surface area contributed by atoms with Crippen LogP contribution in [0, 0.1) is 0 Å². The molecule has 0 bridgehead atoms. The van der Waals surface area contributed by atoms with Crippen LogP contribution in [0.3, 0.4) is 0 Å². The van der Waals surface area contributed by atoms with E-state index >= 15 is 0 Å². The number of aliphatic hydroxyl groups is 2. The summed E-state index contributed by atoms with van der Waals surface area (Å²) in [6.45, 7) is 4.38. The average Bonchev–Trinajstić information content (AvgIpc) is 3.19. The number of hydrogen-bond acceptors (Lipinski definition) is 6. The molecule has 0 fully saturated rings. The number of phosphoric ester groups is 1. The third-order valence-electron chi connectivity index (χ3n) is 9.41. The number of quaternary nitrogens is 1. The Hall–Kier alpha value is -2.62. The zero-order valence-electron chi connectivity index (χ0n) is 37.8. The van der Waals surface area contributed by atoms with E-state index in [0.717, 1.165) is 57.8 Å². The van der Waals surface area contributed by atoms with E-state index in [1.165, 1.54) is 44.9 Å². The van der Waals surface area contributed by atoms with Gasteiger partial charge in [0.25, 0.3) is 0 Å². The van der Waals surface area contributed by atoms with Crippen LogP contribution in [0.5, 0.6) is 0 Å². The van der Waals surface area contributed by atoms with Crippen LogP contribution in [0.1, 0.15) is 149 Å². The van der Waals surface area contributed by atoms with Gasteiger partial charge in [0, 0.05) is 6.42 Å². The maximum absolute atomic E-state index is 12.9. The molecular weight excluding hydrogens is 760 g/mol. The Balaban J connectivity index is 4.63. The molecule has 0 spiro atoms. The molecule has 0 saturated heterocycles. The first-order valence-electron chi connectivity index (χ1n) is 22.7. The molecule has 338 valence electrons. The van der Waals surface area contributed by atoms with Gasteiger partial charge < -0.3 is 24.9 Å². The maximum atomic E-state index is 12.9. The number of likely N-dealkylation sites (N-methyl/N-ethyl adjacent to an activating group) is 1. The minimum Gasteiger partial charge on any atom is -0.390 e. The molecule has 0 saturated carbocycles. The Kier molecular flexibility index (Phi) is 37.8. The van der Waals surface area contributed by atoms with Gasteiger partial charge in [-0.25, -0.2) is 4.57 Å². The lowest BCUT2D eigenvalue weighted by molar-refractivity contribution is -0.870. The summed E-state index contributed by atoms with van der Waals surface area (Å²) in [5, 5.41) is 24.6. The molecular formula is C49H86N2O7P+. The van der Waals surface area contributed by atoms with Crippen molar-refractivity contribution >= 4 is 13.7 Å². The fourth-order valence-corrected chi connectivity index (χ4v) is 6.51. The highest BCUT2D eigenvalue weighted by Crippen LogP contribution is 2.43. The predicted octanol–water partition coefficient (Wildman–Crippen LogP) is 11.7. The number of hydrogen-bond donors (Lipinski definition) is 4. The topological polar surface area (TPSA) is 125 Å². The molecule has 0 heterocycles. The van der Waals surface area contributed by atoms with Crippen molar-refractivity contribution in [1.29, 1.82) is 0 Å². The largest absolute Gasteiger partial charge is 0.472 e. The molecule has 0 aromatic heterocycles. The third-order valence-corrected chi connectivity index (χ3v) is 10.4. The van der Waals surface area contributed by atoms with Gasteiger partial charge >= 0.3 is 7.82 Å². The zero-order valence-corrected chi connectivity index (χ0v) is 38.7. The summed E-state index contributed by atoms with van der Waals surface area (Å²) < 4.78 is 23.4. The van der Waals surface area contributed by atoms with Crippen molar-refractivity contribution in [3.63, 3.8) is 0 Å². The molecule has 1 amide bonds. The molecule has 9 nitrogen and oxygen atoms in total. The van der Waals surface area contributed by atoms with Crippen LogP contribution >= 0.6 is 7.82 Å². The fourth-order valence-electron chi connectivity index (χ4n) is 5.78. The van der Waals surface area contributed by atoms with Crippen molar-refractivity contribution in [3.8, 4) is 0 Å². The standard InChI is InChI=1S/C49H85N2O7P/c1-6-8-10-12-14-16-18-20-21-22-23-24-25-26-27-28-29-30-32-34-36-38-40-42-48(53)50-46(45-58-59(55,56)57-44-43-51(3,4)5)49(54)47(52)41-39-37-35-33-31-19-17-15-13-11-9-7-2/h8,10,14,16,20-21,23-24,26-27,29-30,33-36,46-47,49,52,54H,6-7,9,11-13,15,17-19,22,25,28,31-32,37-45H2,1-5H3,(H-,50,53,55,56)/p+1/b10-8-,16-14-,21-20-,24-23-,27-26-,30-29-,35-33+,36-34-. The van der Waals surface area contributed by atoms with Gasteiger partial charge in [-0.3, -0.25) is 13.8 Å². The number of unbranched alkanes of at least 4 members (excludes halogenated alkanes) is 9. The second kappa shape index (κ2) is 39.5. The first-order valence-corrected chi connectivity index (χ1v) is 24.2. The summed E-state index contributed by atoms with van der Waals surface area (Å²) in [6.07, 6.45) is 52.0. The highest BCUT2D eigenvalue weighted by Gasteiger charge is 2.31. The summed E-state index contributed by atoms with van der Waals surface area (Å²) in [5.74, 6) is -0.331.